The van der Waals surface area contributed by atoms with E-state index >= 15 is 0 Å². The van der Waals surface area contributed by atoms with Gasteiger partial charge in [0.25, 0.3) is 0 Å². The van der Waals surface area contributed by atoms with Crippen LogP contribution in [0.2, 0.25) is 0 Å². The van der Waals surface area contributed by atoms with E-state index in [1.807, 2.05) is 22.9 Å². The second kappa shape index (κ2) is 3.91. The lowest BCUT2D eigenvalue weighted by Crippen LogP contribution is -2.13. The normalized spacial score (nSPS) is 10.1. The van der Waals surface area contributed by atoms with E-state index in [-0.39, 0.29) is 5.84 Å². The number of imidazole rings is 1. The summed E-state index contributed by atoms with van der Waals surface area (Å²) in [4.78, 5) is 7.95. The van der Waals surface area contributed by atoms with Crippen LogP contribution in [-0.2, 0) is 6.54 Å². The summed E-state index contributed by atoms with van der Waals surface area (Å²) in [6.07, 6.45) is 7.01. The van der Waals surface area contributed by atoms with Crippen LogP contribution in [0.25, 0.3) is 0 Å². The number of nitrogens with one attached hydrogen (secondary N) is 1. The van der Waals surface area contributed by atoms with Crippen molar-refractivity contribution < 1.29 is 0 Å². The second-order valence-electron chi connectivity index (χ2n) is 3.20. The molecule has 0 bridgehead atoms. The summed E-state index contributed by atoms with van der Waals surface area (Å²) < 4.78 is 1.94. The summed E-state index contributed by atoms with van der Waals surface area (Å²) in [6.45, 7) is 0.711. The summed E-state index contributed by atoms with van der Waals surface area (Å²) in [6, 6.07) is 3.70. The van der Waals surface area contributed by atoms with Crippen molar-refractivity contribution in [3.63, 3.8) is 0 Å². The monoisotopic (exact) mass is 201 g/mol. The van der Waals surface area contributed by atoms with Gasteiger partial charge in [-0.3, -0.25) is 10.4 Å². The minimum atomic E-state index is -0.0116. The molecule has 0 fully saturated rings. The van der Waals surface area contributed by atoms with Gasteiger partial charge in [-0.1, -0.05) is 0 Å². The number of hydrogen-bond donors (Lipinski definition) is 2. The fourth-order valence-electron chi connectivity index (χ4n) is 1.31. The quantitative estimate of drug-likeness (QED) is 0.564. The van der Waals surface area contributed by atoms with E-state index in [0.29, 0.717) is 12.2 Å². The highest BCUT2D eigenvalue weighted by atomic mass is 15.0. The summed E-state index contributed by atoms with van der Waals surface area (Å²) in [5.74, 6) is -0.0116. The molecule has 76 valence electrons. The first-order valence-corrected chi connectivity index (χ1v) is 4.51. The van der Waals surface area contributed by atoms with Crippen LogP contribution < -0.4 is 5.73 Å². The van der Waals surface area contributed by atoms with Crippen LogP contribution in [0.15, 0.2) is 37.1 Å². The van der Waals surface area contributed by atoms with E-state index in [4.69, 9.17) is 11.1 Å². The number of pyridine rings is 1. The van der Waals surface area contributed by atoms with Crippen LogP contribution in [-0.4, -0.2) is 20.4 Å². The Hall–Kier alpha value is -2.17. The molecule has 0 spiro atoms. The topological polar surface area (TPSA) is 80.6 Å². The van der Waals surface area contributed by atoms with Crippen molar-refractivity contribution in [1.29, 1.82) is 5.41 Å². The van der Waals surface area contributed by atoms with E-state index in [2.05, 4.69) is 9.97 Å². The van der Waals surface area contributed by atoms with Gasteiger partial charge in [-0.2, -0.15) is 0 Å². The molecule has 2 rings (SSSR count). The molecule has 5 heteroatoms. The second-order valence-corrected chi connectivity index (χ2v) is 3.20. The molecular formula is C10H11N5. The summed E-state index contributed by atoms with van der Waals surface area (Å²) in [7, 11) is 0. The van der Waals surface area contributed by atoms with Crippen molar-refractivity contribution in [2.75, 3.05) is 0 Å². The highest BCUT2D eigenvalue weighted by Crippen LogP contribution is 2.03. The SMILES string of the molecule is N=C(N)c1cc(Cn2ccnc2)ccn1. The molecule has 5 nitrogen and oxygen atoms in total. The van der Waals surface area contributed by atoms with Crippen molar-refractivity contribution in [1.82, 2.24) is 14.5 Å². The van der Waals surface area contributed by atoms with Gasteiger partial charge in [-0.15, -0.1) is 0 Å². The van der Waals surface area contributed by atoms with Crippen LogP contribution in [0.5, 0.6) is 0 Å². The van der Waals surface area contributed by atoms with Gasteiger partial charge in [0.05, 0.1) is 6.33 Å². The molecule has 0 amide bonds. The van der Waals surface area contributed by atoms with Gasteiger partial charge in [0.2, 0.25) is 0 Å². The number of rotatable bonds is 3. The average molecular weight is 201 g/mol. The molecule has 0 aliphatic heterocycles. The Morgan fingerprint density at radius 3 is 3.00 bits per heavy atom. The van der Waals surface area contributed by atoms with Gasteiger partial charge in [-0.25, -0.2) is 4.98 Å². The number of amidine groups is 1. The molecule has 3 N–H and O–H groups in total. The van der Waals surface area contributed by atoms with Gasteiger partial charge in [0.1, 0.15) is 11.5 Å². The fourth-order valence-corrected chi connectivity index (χ4v) is 1.31. The standard InChI is InChI=1S/C10H11N5/c11-10(12)9-5-8(1-2-14-9)6-15-4-3-13-7-15/h1-5,7H,6H2,(H3,11,12). The maximum atomic E-state index is 7.28. The van der Waals surface area contributed by atoms with Gasteiger partial charge >= 0.3 is 0 Å². The lowest BCUT2D eigenvalue weighted by atomic mass is 10.2. The predicted molar refractivity (Wildman–Crippen MR) is 56.6 cm³/mol. The van der Waals surface area contributed by atoms with Crippen molar-refractivity contribution in [3.8, 4) is 0 Å². The third-order valence-corrected chi connectivity index (χ3v) is 2.02. The first-order chi connectivity index (χ1) is 7.25. The first kappa shape index (κ1) is 9.39. The van der Waals surface area contributed by atoms with E-state index < -0.39 is 0 Å². The van der Waals surface area contributed by atoms with Crippen LogP contribution in [0.3, 0.4) is 0 Å². The Labute approximate surface area is 87.1 Å². The zero-order valence-electron chi connectivity index (χ0n) is 8.09. The van der Waals surface area contributed by atoms with Gasteiger partial charge in [-0.05, 0) is 17.7 Å². The smallest absolute Gasteiger partial charge is 0.141 e. The molecule has 0 radical (unpaired) electrons. The number of aromatic nitrogens is 3. The minimum absolute atomic E-state index is 0.0116. The van der Waals surface area contributed by atoms with Gasteiger partial charge < -0.3 is 10.3 Å². The number of nitrogens with zero attached hydrogens (tertiary/aromatic N) is 3. The minimum Gasteiger partial charge on any atom is -0.382 e. The molecule has 0 aliphatic rings. The Bertz CT molecular complexity index is 460. The zero-order valence-corrected chi connectivity index (χ0v) is 8.09. The molecule has 0 saturated heterocycles. The Balaban J connectivity index is 2.22. The summed E-state index contributed by atoms with van der Waals surface area (Å²) >= 11 is 0. The van der Waals surface area contributed by atoms with E-state index in [1.54, 1.807) is 18.7 Å². The number of hydrogen-bond acceptors (Lipinski definition) is 3. The molecule has 0 saturated carbocycles. The van der Waals surface area contributed by atoms with E-state index in [1.165, 1.54) is 0 Å². The van der Waals surface area contributed by atoms with Gasteiger partial charge in [0.15, 0.2) is 0 Å². The molecule has 0 unspecified atom stereocenters. The maximum Gasteiger partial charge on any atom is 0.141 e. The molecule has 2 heterocycles. The molecule has 0 aromatic carbocycles. The average Bonchev–Trinajstić information content (AvgIpc) is 2.71. The van der Waals surface area contributed by atoms with E-state index in [9.17, 15) is 0 Å². The molecule has 0 atom stereocenters. The fraction of sp³-hybridized carbons (Fsp3) is 0.100. The number of nitrogen functional groups attached to an aromatic ring is 1. The molecule has 2 aromatic rings. The molecule has 15 heavy (non-hydrogen) atoms. The largest absolute Gasteiger partial charge is 0.382 e. The third-order valence-electron chi connectivity index (χ3n) is 2.02. The molecule has 2 aromatic heterocycles. The van der Waals surface area contributed by atoms with Gasteiger partial charge in [0, 0.05) is 25.1 Å². The Kier molecular flexibility index (Phi) is 2.45. The lowest BCUT2D eigenvalue weighted by Gasteiger charge is -2.03. The van der Waals surface area contributed by atoms with Crippen molar-refractivity contribution in [3.05, 3.63) is 48.3 Å². The van der Waals surface area contributed by atoms with E-state index in [0.717, 1.165) is 5.56 Å². The molecule has 0 aliphatic carbocycles. The van der Waals surface area contributed by atoms with Crippen molar-refractivity contribution in [2.45, 2.75) is 6.54 Å². The van der Waals surface area contributed by atoms with Crippen LogP contribution in [0.1, 0.15) is 11.3 Å². The maximum absolute atomic E-state index is 7.28. The van der Waals surface area contributed by atoms with Crippen molar-refractivity contribution >= 4 is 5.84 Å². The third kappa shape index (κ3) is 2.19. The zero-order chi connectivity index (χ0) is 10.7. The Morgan fingerprint density at radius 1 is 1.47 bits per heavy atom. The Morgan fingerprint density at radius 2 is 2.33 bits per heavy atom. The van der Waals surface area contributed by atoms with Crippen LogP contribution in [0.4, 0.5) is 0 Å². The highest BCUT2D eigenvalue weighted by Gasteiger charge is 2.00. The van der Waals surface area contributed by atoms with Crippen molar-refractivity contribution in [2.24, 2.45) is 5.73 Å². The van der Waals surface area contributed by atoms with Crippen LogP contribution in [0, 0.1) is 5.41 Å². The summed E-state index contributed by atoms with van der Waals surface area (Å²) in [5.41, 5.74) is 6.91. The van der Waals surface area contributed by atoms with Crippen LogP contribution >= 0.6 is 0 Å². The number of nitrogens with two attached hydrogens (primary N) is 1. The lowest BCUT2D eigenvalue weighted by molar-refractivity contribution is 0.795. The molecular weight excluding hydrogens is 190 g/mol. The predicted octanol–water partition coefficient (Wildman–Crippen LogP) is 0.610. The summed E-state index contributed by atoms with van der Waals surface area (Å²) in [5, 5.41) is 7.28. The first-order valence-electron chi connectivity index (χ1n) is 4.51. The highest BCUT2D eigenvalue weighted by molar-refractivity contribution is 5.93.